The van der Waals surface area contributed by atoms with E-state index in [4.69, 9.17) is 9.47 Å². The predicted octanol–water partition coefficient (Wildman–Crippen LogP) is 3.98. The number of hydrogen-bond donors (Lipinski definition) is 1. The molecule has 8 heteroatoms. The standard InChI is InChI=1S/C23H22N4O4/c1-13(2)31-15-6-8-19-17(12-15)21(26-27(19)3)22-24-10-9-18(25-22)16-7-5-14(11-20(16)28)23(29)30-4/h5-13,28H,1-4H3. The van der Waals surface area contributed by atoms with Crippen LogP contribution in [0.5, 0.6) is 11.5 Å². The first kappa shape index (κ1) is 20.3. The molecule has 2 aromatic heterocycles. The second-order valence-electron chi connectivity index (χ2n) is 7.31. The molecule has 2 heterocycles. The molecule has 0 fully saturated rings. The first-order chi connectivity index (χ1) is 14.9. The Hall–Kier alpha value is -3.94. The third kappa shape index (κ3) is 3.92. The highest BCUT2D eigenvalue weighted by atomic mass is 16.5. The van der Waals surface area contributed by atoms with Crippen LogP contribution in [0.1, 0.15) is 24.2 Å². The number of carbonyl (C=O) groups excluding carboxylic acids is 1. The molecule has 158 valence electrons. The minimum absolute atomic E-state index is 0.0492. The summed E-state index contributed by atoms with van der Waals surface area (Å²) >= 11 is 0. The van der Waals surface area contributed by atoms with Gasteiger partial charge >= 0.3 is 5.97 Å². The van der Waals surface area contributed by atoms with Gasteiger partial charge in [0.1, 0.15) is 17.2 Å². The van der Waals surface area contributed by atoms with E-state index in [0.717, 1.165) is 16.7 Å². The zero-order valence-corrected chi connectivity index (χ0v) is 17.7. The number of fused-ring (bicyclic) bond motifs is 1. The van der Waals surface area contributed by atoms with Crippen LogP contribution in [0.2, 0.25) is 0 Å². The lowest BCUT2D eigenvalue weighted by Gasteiger charge is -2.09. The predicted molar refractivity (Wildman–Crippen MR) is 116 cm³/mol. The highest BCUT2D eigenvalue weighted by Gasteiger charge is 2.17. The Labute approximate surface area is 179 Å². The van der Waals surface area contributed by atoms with E-state index in [1.807, 2.05) is 39.1 Å². The van der Waals surface area contributed by atoms with Gasteiger partial charge in [-0.2, -0.15) is 5.10 Å². The number of esters is 1. The van der Waals surface area contributed by atoms with Gasteiger partial charge in [-0.1, -0.05) is 0 Å². The van der Waals surface area contributed by atoms with Crippen molar-refractivity contribution in [2.45, 2.75) is 20.0 Å². The van der Waals surface area contributed by atoms with Gasteiger partial charge in [0.15, 0.2) is 5.82 Å². The van der Waals surface area contributed by atoms with Gasteiger partial charge in [-0.3, -0.25) is 4.68 Å². The van der Waals surface area contributed by atoms with E-state index in [1.165, 1.54) is 13.2 Å². The molecular formula is C23H22N4O4. The summed E-state index contributed by atoms with van der Waals surface area (Å²) in [4.78, 5) is 20.7. The molecule has 0 radical (unpaired) electrons. The molecule has 0 aliphatic carbocycles. The van der Waals surface area contributed by atoms with Gasteiger partial charge in [-0.05, 0) is 56.3 Å². The summed E-state index contributed by atoms with van der Waals surface area (Å²) in [6.07, 6.45) is 1.66. The number of rotatable bonds is 5. The van der Waals surface area contributed by atoms with Crippen LogP contribution < -0.4 is 4.74 Å². The zero-order valence-electron chi connectivity index (χ0n) is 17.7. The number of phenols is 1. The normalized spacial score (nSPS) is 11.1. The lowest BCUT2D eigenvalue weighted by atomic mass is 10.1. The number of carbonyl (C=O) groups is 1. The van der Waals surface area contributed by atoms with Crippen molar-refractivity contribution in [3.63, 3.8) is 0 Å². The maximum Gasteiger partial charge on any atom is 0.337 e. The van der Waals surface area contributed by atoms with Gasteiger partial charge in [0.2, 0.25) is 0 Å². The summed E-state index contributed by atoms with van der Waals surface area (Å²) in [5.74, 6) is 0.556. The summed E-state index contributed by atoms with van der Waals surface area (Å²) in [7, 11) is 3.15. The zero-order chi connectivity index (χ0) is 22.1. The Morgan fingerprint density at radius 2 is 1.94 bits per heavy atom. The lowest BCUT2D eigenvalue weighted by Crippen LogP contribution is -2.05. The van der Waals surface area contributed by atoms with E-state index in [9.17, 15) is 9.90 Å². The van der Waals surface area contributed by atoms with Gasteiger partial charge in [-0.25, -0.2) is 14.8 Å². The molecule has 0 amide bonds. The van der Waals surface area contributed by atoms with E-state index in [2.05, 4.69) is 15.1 Å². The summed E-state index contributed by atoms with van der Waals surface area (Å²) in [5, 5.41) is 15.9. The van der Waals surface area contributed by atoms with Gasteiger partial charge in [0.25, 0.3) is 0 Å². The van der Waals surface area contributed by atoms with E-state index in [0.29, 0.717) is 22.8 Å². The van der Waals surface area contributed by atoms with E-state index < -0.39 is 5.97 Å². The van der Waals surface area contributed by atoms with Crippen LogP contribution in [-0.4, -0.2) is 44.0 Å². The number of ether oxygens (including phenoxy) is 2. The number of benzene rings is 2. The first-order valence-corrected chi connectivity index (χ1v) is 9.76. The number of hydrogen-bond acceptors (Lipinski definition) is 7. The number of aryl methyl sites for hydroxylation is 1. The maximum absolute atomic E-state index is 11.7. The molecule has 0 saturated carbocycles. The van der Waals surface area contributed by atoms with Crippen molar-refractivity contribution in [2.24, 2.45) is 7.05 Å². The third-order valence-corrected chi connectivity index (χ3v) is 4.76. The quantitative estimate of drug-likeness (QED) is 0.490. The van der Waals surface area contributed by atoms with Crippen LogP contribution >= 0.6 is 0 Å². The van der Waals surface area contributed by atoms with Crippen molar-refractivity contribution in [3.05, 3.63) is 54.2 Å². The molecule has 0 saturated heterocycles. The highest BCUT2D eigenvalue weighted by Crippen LogP contribution is 2.32. The fourth-order valence-corrected chi connectivity index (χ4v) is 3.37. The van der Waals surface area contributed by atoms with Crippen molar-refractivity contribution in [1.29, 1.82) is 0 Å². The number of methoxy groups -OCH3 is 1. The molecule has 0 atom stereocenters. The maximum atomic E-state index is 11.7. The summed E-state index contributed by atoms with van der Waals surface area (Å²) in [5.41, 5.74) is 2.77. The fourth-order valence-electron chi connectivity index (χ4n) is 3.37. The number of phenolic OH excluding ortho intramolecular Hbond substituents is 1. The minimum atomic E-state index is -0.524. The van der Waals surface area contributed by atoms with Gasteiger partial charge < -0.3 is 14.6 Å². The molecule has 4 rings (SSSR count). The molecule has 0 bridgehead atoms. The Morgan fingerprint density at radius 1 is 1.13 bits per heavy atom. The number of aromatic nitrogens is 4. The van der Waals surface area contributed by atoms with E-state index >= 15 is 0 Å². The summed E-state index contributed by atoms with van der Waals surface area (Å²) < 4.78 is 12.3. The van der Waals surface area contributed by atoms with Crippen molar-refractivity contribution in [1.82, 2.24) is 19.7 Å². The molecular weight excluding hydrogens is 396 g/mol. The van der Waals surface area contributed by atoms with Crippen molar-refractivity contribution in [2.75, 3.05) is 7.11 Å². The molecule has 2 aromatic carbocycles. The second-order valence-corrected chi connectivity index (χ2v) is 7.31. The number of aromatic hydroxyl groups is 1. The van der Waals surface area contributed by atoms with Crippen LogP contribution in [-0.2, 0) is 11.8 Å². The van der Waals surface area contributed by atoms with Crippen LogP contribution in [0.3, 0.4) is 0 Å². The lowest BCUT2D eigenvalue weighted by molar-refractivity contribution is 0.0600. The van der Waals surface area contributed by atoms with Crippen LogP contribution in [0.25, 0.3) is 33.7 Å². The molecule has 8 nitrogen and oxygen atoms in total. The topological polar surface area (TPSA) is 99.4 Å². The van der Waals surface area contributed by atoms with E-state index in [-0.39, 0.29) is 17.4 Å². The molecule has 0 spiro atoms. The average Bonchev–Trinajstić information content (AvgIpc) is 3.08. The summed E-state index contributed by atoms with van der Waals surface area (Å²) in [6, 6.07) is 12.0. The molecule has 31 heavy (non-hydrogen) atoms. The molecule has 1 N–H and O–H groups in total. The largest absolute Gasteiger partial charge is 0.507 e. The Balaban J connectivity index is 1.78. The number of nitrogens with zero attached hydrogens (tertiary/aromatic N) is 4. The molecule has 4 aromatic rings. The Kier molecular flexibility index (Phi) is 5.29. The SMILES string of the molecule is COC(=O)c1ccc(-c2ccnc(-c3nn(C)c4ccc(OC(C)C)cc34)n2)c(O)c1. The highest BCUT2D eigenvalue weighted by molar-refractivity contribution is 5.93. The molecule has 0 unspecified atom stereocenters. The molecule has 0 aliphatic heterocycles. The summed E-state index contributed by atoms with van der Waals surface area (Å²) in [6.45, 7) is 3.94. The van der Waals surface area contributed by atoms with Gasteiger partial charge in [0.05, 0.1) is 30.0 Å². The molecule has 0 aliphatic rings. The van der Waals surface area contributed by atoms with Gasteiger partial charge in [0, 0.05) is 24.2 Å². The monoisotopic (exact) mass is 418 g/mol. The fraction of sp³-hybridized carbons (Fsp3) is 0.217. The average molecular weight is 418 g/mol. The van der Waals surface area contributed by atoms with E-state index in [1.54, 1.807) is 29.1 Å². The van der Waals surface area contributed by atoms with Crippen LogP contribution in [0.4, 0.5) is 0 Å². The first-order valence-electron chi connectivity index (χ1n) is 9.76. The smallest absolute Gasteiger partial charge is 0.337 e. The van der Waals surface area contributed by atoms with Crippen LogP contribution in [0, 0.1) is 0 Å². The van der Waals surface area contributed by atoms with Gasteiger partial charge in [-0.15, -0.1) is 0 Å². The minimum Gasteiger partial charge on any atom is -0.507 e. The second kappa shape index (κ2) is 8.06. The van der Waals surface area contributed by atoms with Crippen LogP contribution in [0.15, 0.2) is 48.7 Å². The van der Waals surface area contributed by atoms with Crippen molar-refractivity contribution in [3.8, 4) is 34.3 Å². The van der Waals surface area contributed by atoms with Crippen molar-refractivity contribution < 1.29 is 19.4 Å². The Morgan fingerprint density at radius 3 is 2.65 bits per heavy atom. The van der Waals surface area contributed by atoms with Crippen molar-refractivity contribution >= 4 is 16.9 Å². The third-order valence-electron chi connectivity index (χ3n) is 4.76. The Bertz CT molecular complexity index is 1280.